The molecule has 2 N–H and O–H groups in total. The van der Waals surface area contributed by atoms with Crippen LogP contribution in [0.1, 0.15) is 27.9 Å². The van der Waals surface area contributed by atoms with Crippen molar-refractivity contribution in [3.05, 3.63) is 52.3 Å². The highest BCUT2D eigenvalue weighted by Gasteiger charge is 2.30. The van der Waals surface area contributed by atoms with E-state index in [4.69, 9.17) is 11.6 Å². The number of aromatic nitrogens is 2. The van der Waals surface area contributed by atoms with Crippen LogP contribution < -0.4 is 10.6 Å². The predicted octanol–water partition coefficient (Wildman–Crippen LogP) is 3.69. The maximum absolute atomic E-state index is 12.5. The molecule has 1 amide bonds. The molecule has 0 fully saturated rings. The molecule has 0 aliphatic rings. The zero-order chi connectivity index (χ0) is 18.4. The van der Waals surface area contributed by atoms with Crippen molar-refractivity contribution in [3.8, 4) is 0 Å². The van der Waals surface area contributed by atoms with Gasteiger partial charge in [-0.3, -0.25) is 4.79 Å². The number of hydrogen-bond donors (Lipinski definition) is 2. The van der Waals surface area contributed by atoms with Gasteiger partial charge in [0.25, 0.3) is 5.91 Å². The van der Waals surface area contributed by atoms with E-state index < -0.39 is 17.6 Å². The number of carbonyl (C=O) groups is 1. The van der Waals surface area contributed by atoms with Crippen LogP contribution in [-0.2, 0) is 6.18 Å². The lowest BCUT2D eigenvalue weighted by atomic mass is 10.1. The van der Waals surface area contributed by atoms with Crippen molar-refractivity contribution in [2.45, 2.75) is 19.5 Å². The van der Waals surface area contributed by atoms with Crippen molar-refractivity contribution in [2.24, 2.45) is 0 Å². The molecule has 0 saturated carbocycles. The second-order valence-electron chi connectivity index (χ2n) is 5.28. The molecule has 2 rings (SSSR count). The molecule has 134 valence electrons. The van der Waals surface area contributed by atoms with Gasteiger partial charge in [0.1, 0.15) is 5.15 Å². The van der Waals surface area contributed by atoms with Crippen LogP contribution in [0.5, 0.6) is 0 Å². The first kappa shape index (κ1) is 19.0. The number of amides is 1. The van der Waals surface area contributed by atoms with E-state index in [0.717, 1.165) is 29.8 Å². The number of nitrogens with one attached hydrogen (secondary N) is 2. The molecule has 0 spiro atoms. The Morgan fingerprint density at radius 2 is 1.88 bits per heavy atom. The van der Waals surface area contributed by atoms with Gasteiger partial charge < -0.3 is 10.6 Å². The third-order valence-corrected chi connectivity index (χ3v) is 3.69. The van der Waals surface area contributed by atoms with Crippen LogP contribution >= 0.6 is 11.6 Å². The number of benzene rings is 1. The van der Waals surface area contributed by atoms with Crippen molar-refractivity contribution in [3.63, 3.8) is 0 Å². The molecule has 9 heteroatoms. The van der Waals surface area contributed by atoms with E-state index in [2.05, 4.69) is 20.6 Å². The molecule has 0 radical (unpaired) electrons. The Bertz CT molecular complexity index is 735. The summed E-state index contributed by atoms with van der Waals surface area (Å²) in [6.07, 6.45) is -2.23. The number of carbonyl (C=O) groups excluding carboxylic acids is 1. The van der Waals surface area contributed by atoms with Crippen LogP contribution in [0.25, 0.3) is 0 Å². The maximum Gasteiger partial charge on any atom is 0.416 e. The lowest BCUT2D eigenvalue weighted by Gasteiger charge is -2.09. The summed E-state index contributed by atoms with van der Waals surface area (Å²) in [5.74, 6) is -0.0342. The molecule has 0 aliphatic heterocycles. The Hall–Kier alpha value is -2.35. The van der Waals surface area contributed by atoms with E-state index >= 15 is 0 Å². The second-order valence-corrected chi connectivity index (χ2v) is 5.64. The maximum atomic E-state index is 12.5. The molecular formula is C16H16ClF3N4O. The molecule has 1 aromatic carbocycles. The average Bonchev–Trinajstić information content (AvgIpc) is 2.57. The topological polar surface area (TPSA) is 66.9 Å². The predicted molar refractivity (Wildman–Crippen MR) is 88.7 cm³/mol. The smallest absolute Gasteiger partial charge is 0.354 e. The summed E-state index contributed by atoms with van der Waals surface area (Å²) in [7, 11) is 0. The fourth-order valence-electron chi connectivity index (χ4n) is 1.91. The van der Waals surface area contributed by atoms with Gasteiger partial charge in [0.2, 0.25) is 5.95 Å². The summed E-state index contributed by atoms with van der Waals surface area (Å²) in [6, 6.07) is 4.07. The minimum absolute atomic E-state index is 0.176. The van der Waals surface area contributed by atoms with E-state index in [1.807, 2.05) is 0 Å². The molecule has 0 aliphatic carbocycles. The first-order chi connectivity index (χ1) is 11.8. The van der Waals surface area contributed by atoms with Gasteiger partial charge in [-0.05, 0) is 37.6 Å². The number of hydrogen-bond acceptors (Lipinski definition) is 4. The van der Waals surface area contributed by atoms with Crippen LogP contribution in [0.2, 0.25) is 5.15 Å². The van der Waals surface area contributed by atoms with Crippen LogP contribution in [-0.4, -0.2) is 29.0 Å². The summed E-state index contributed by atoms with van der Waals surface area (Å²) in [5.41, 5.74) is 0.163. The highest BCUT2D eigenvalue weighted by atomic mass is 35.5. The van der Waals surface area contributed by atoms with Gasteiger partial charge in [0.05, 0.1) is 5.56 Å². The molecule has 1 heterocycles. The third-order valence-electron chi connectivity index (χ3n) is 3.31. The zero-order valence-corrected chi connectivity index (χ0v) is 14.1. The Morgan fingerprint density at radius 3 is 2.48 bits per heavy atom. The molecule has 0 bridgehead atoms. The molecular weight excluding hydrogens is 357 g/mol. The summed E-state index contributed by atoms with van der Waals surface area (Å²) < 4.78 is 37.4. The van der Waals surface area contributed by atoms with E-state index in [9.17, 15) is 18.0 Å². The molecule has 0 saturated heterocycles. The number of nitrogens with zero attached hydrogens (tertiary/aromatic N) is 2. The molecule has 1 aromatic heterocycles. The highest BCUT2D eigenvalue weighted by Crippen LogP contribution is 2.29. The quantitative estimate of drug-likeness (QED) is 0.599. The second kappa shape index (κ2) is 8.15. The minimum atomic E-state index is -4.42. The standard InChI is InChI=1S/C16H16ClF3N4O/c1-10-9-23-15(24-13(10)17)22-8-2-7-21-14(25)11-3-5-12(6-4-11)16(18,19)20/h3-6,9H,2,7-8H2,1H3,(H,21,25)(H,22,23,24). The molecule has 5 nitrogen and oxygen atoms in total. The van der Waals surface area contributed by atoms with Gasteiger partial charge >= 0.3 is 6.18 Å². The van der Waals surface area contributed by atoms with Crippen molar-refractivity contribution < 1.29 is 18.0 Å². The van der Waals surface area contributed by atoms with Crippen molar-refractivity contribution >= 4 is 23.5 Å². The largest absolute Gasteiger partial charge is 0.416 e. The molecule has 0 unspecified atom stereocenters. The summed E-state index contributed by atoms with van der Waals surface area (Å²) in [4.78, 5) is 20.0. The van der Waals surface area contributed by atoms with Gasteiger partial charge in [-0.15, -0.1) is 0 Å². The van der Waals surface area contributed by atoms with E-state index in [1.165, 1.54) is 0 Å². The fraction of sp³-hybridized carbons (Fsp3) is 0.312. The average molecular weight is 373 g/mol. The van der Waals surface area contributed by atoms with E-state index in [-0.39, 0.29) is 5.56 Å². The fourth-order valence-corrected chi connectivity index (χ4v) is 2.04. The van der Waals surface area contributed by atoms with Crippen LogP contribution in [0.4, 0.5) is 19.1 Å². The van der Waals surface area contributed by atoms with Gasteiger partial charge in [0, 0.05) is 30.4 Å². The number of aryl methyl sites for hydroxylation is 1. The Kier molecular flexibility index (Phi) is 6.19. The monoisotopic (exact) mass is 372 g/mol. The highest BCUT2D eigenvalue weighted by molar-refractivity contribution is 6.30. The Morgan fingerprint density at radius 1 is 1.20 bits per heavy atom. The molecule has 2 aromatic rings. The first-order valence-electron chi connectivity index (χ1n) is 7.46. The van der Waals surface area contributed by atoms with Gasteiger partial charge in [-0.1, -0.05) is 11.6 Å². The Labute approximate surface area is 147 Å². The number of halogens is 4. The summed E-state index contributed by atoms with van der Waals surface area (Å²) in [5, 5.41) is 5.97. The van der Waals surface area contributed by atoms with Crippen molar-refractivity contribution in [1.82, 2.24) is 15.3 Å². The number of rotatable bonds is 6. The molecule has 0 atom stereocenters. The van der Waals surface area contributed by atoms with Gasteiger partial charge in [-0.25, -0.2) is 9.97 Å². The van der Waals surface area contributed by atoms with Gasteiger partial charge in [-0.2, -0.15) is 13.2 Å². The van der Waals surface area contributed by atoms with Crippen LogP contribution in [0, 0.1) is 6.92 Å². The third kappa shape index (κ3) is 5.60. The lowest BCUT2D eigenvalue weighted by molar-refractivity contribution is -0.137. The van der Waals surface area contributed by atoms with Gasteiger partial charge in [0.15, 0.2) is 0 Å². The number of alkyl halides is 3. The van der Waals surface area contributed by atoms with Crippen LogP contribution in [0.15, 0.2) is 30.5 Å². The lowest BCUT2D eigenvalue weighted by Crippen LogP contribution is -2.26. The van der Waals surface area contributed by atoms with Crippen LogP contribution in [0.3, 0.4) is 0 Å². The Balaban J connectivity index is 1.74. The molecule has 25 heavy (non-hydrogen) atoms. The summed E-state index contributed by atoms with van der Waals surface area (Å²) in [6.45, 7) is 2.65. The van der Waals surface area contributed by atoms with Crippen molar-refractivity contribution in [2.75, 3.05) is 18.4 Å². The minimum Gasteiger partial charge on any atom is -0.354 e. The summed E-state index contributed by atoms with van der Waals surface area (Å²) >= 11 is 5.88. The SMILES string of the molecule is Cc1cnc(NCCCNC(=O)c2ccc(C(F)(F)F)cc2)nc1Cl. The first-order valence-corrected chi connectivity index (χ1v) is 7.83. The zero-order valence-electron chi connectivity index (χ0n) is 13.3. The van der Waals surface area contributed by atoms with E-state index in [1.54, 1.807) is 13.1 Å². The van der Waals surface area contributed by atoms with Crippen molar-refractivity contribution in [1.29, 1.82) is 0 Å². The normalized spacial score (nSPS) is 11.2. The number of anilines is 1. The van der Waals surface area contributed by atoms with E-state index in [0.29, 0.717) is 30.6 Å².